The van der Waals surface area contributed by atoms with Crippen LogP contribution in [0.2, 0.25) is 0 Å². The van der Waals surface area contributed by atoms with Gasteiger partial charge in [0.1, 0.15) is 0 Å². The van der Waals surface area contributed by atoms with Gasteiger partial charge in [-0.25, -0.2) is 0 Å². The molecule has 0 aromatic rings. The normalized spacial score (nSPS) is 26.2. The minimum atomic E-state index is -2.81. The summed E-state index contributed by atoms with van der Waals surface area (Å²) >= 11 is 9.48. The molecule has 2 heterocycles. The molecular weight excluding hydrogens is 457 g/mol. The molecule has 3 aliphatic rings. The first-order chi connectivity index (χ1) is 13.4. The second kappa shape index (κ2) is 10.9. The van der Waals surface area contributed by atoms with Gasteiger partial charge in [0.2, 0.25) is 0 Å². The van der Waals surface area contributed by atoms with Crippen molar-refractivity contribution in [2.75, 3.05) is 31.3 Å². The van der Waals surface area contributed by atoms with Crippen LogP contribution in [0, 0.1) is 5.41 Å². The van der Waals surface area contributed by atoms with Gasteiger partial charge in [-0.3, -0.25) is 0 Å². The van der Waals surface area contributed by atoms with Crippen LogP contribution in [-0.2, 0) is 18.7 Å². The van der Waals surface area contributed by atoms with Gasteiger partial charge >= 0.3 is 187 Å². The summed E-state index contributed by atoms with van der Waals surface area (Å²) in [7, 11) is -2.81. The molecule has 12 heteroatoms. The van der Waals surface area contributed by atoms with Crippen molar-refractivity contribution in [3.8, 4) is 0 Å². The zero-order chi connectivity index (χ0) is 20.0. The fraction of sp³-hybridized carbons (Fsp3) is 0.875. The zero-order valence-corrected chi connectivity index (χ0v) is 20.7. The number of oxime groups is 1. The third-order valence-corrected chi connectivity index (χ3v) is 12.6. The Labute approximate surface area is 186 Å². The van der Waals surface area contributed by atoms with Gasteiger partial charge in [0.25, 0.3) is 0 Å². The Morgan fingerprint density at radius 1 is 1.32 bits per heavy atom. The van der Waals surface area contributed by atoms with E-state index in [-0.39, 0.29) is 12.0 Å². The predicted molar refractivity (Wildman–Crippen MR) is 126 cm³/mol. The van der Waals surface area contributed by atoms with Crippen LogP contribution in [0.5, 0.6) is 0 Å². The summed E-state index contributed by atoms with van der Waals surface area (Å²) in [6.45, 7) is 5.57. The van der Waals surface area contributed by atoms with Gasteiger partial charge in [0, 0.05) is 0 Å². The SMILES string of the molecule is CC1(C)CO[PH](S)(N(SNCC(=O)ON=C2SCCS2)C2CCCCC2)OC1. The van der Waals surface area contributed by atoms with E-state index >= 15 is 0 Å². The van der Waals surface area contributed by atoms with E-state index in [1.54, 1.807) is 23.5 Å². The molecule has 1 aliphatic carbocycles. The Bertz CT molecular complexity index is 560. The van der Waals surface area contributed by atoms with Crippen molar-refractivity contribution in [1.29, 1.82) is 0 Å². The molecule has 0 radical (unpaired) electrons. The number of carbonyl (C=O) groups is 1. The number of thiol groups is 1. The number of hydrogen-bond acceptors (Lipinski definition) is 11. The molecule has 2 aliphatic heterocycles. The van der Waals surface area contributed by atoms with E-state index in [2.05, 4.69) is 27.8 Å². The number of nitrogens with zero attached hydrogens (tertiary/aromatic N) is 2. The van der Waals surface area contributed by atoms with E-state index in [1.165, 1.54) is 31.4 Å². The molecule has 0 amide bonds. The first-order valence-electron chi connectivity index (χ1n) is 9.61. The average Bonchev–Trinajstić information content (AvgIpc) is 3.21. The molecule has 3 rings (SSSR count). The van der Waals surface area contributed by atoms with E-state index < -0.39 is 13.0 Å². The third-order valence-electron chi connectivity index (χ3n) is 4.62. The molecule has 7 nitrogen and oxygen atoms in total. The van der Waals surface area contributed by atoms with Crippen LogP contribution in [0.4, 0.5) is 0 Å². The fourth-order valence-electron chi connectivity index (χ4n) is 3.10. The molecule has 0 aromatic heterocycles. The Balaban J connectivity index is 1.53. The predicted octanol–water partition coefficient (Wildman–Crippen LogP) is 4.48. The first-order valence-corrected chi connectivity index (χ1v) is 15.4. The molecule has 0 aromatic carbocycles. The van der Waals surface area contributed by atoms with E-state index in [0.29, 0.717) is 19.3 Å². The van der Waals surface area contributed by atoms with Crippen LogP contribution >= 0.6 is 55.0 Å². The van der Waals surface area contributed by atoms with Gasteiger partial charge in [-0.1, -0.05) is 0 Å². The van der Waals surface area contributed by atoms with Gasteiger partial charge in [-0.05, 0) is 0 Å². The standard InChI is InChI=1S/C16H30N3O4PS4/c1-16(2)11-21-24(25,22-12-16)19(13-6-4-3-5-7-13)28-17-10-14(20)23-18-15-26-8-9-27-15/h13,17,24-25H,3-12H2,1-2H3. The summed E-state index contributed by atoms with van der Waals surface area (Å²) in [6, 6.07) is 0.333. The van der Waals surface area contributed by atoms with Gasteiger partial charge in [0.15, 0.2) is 0 Å². The van der Waals surface area contributed by atoms with Crippen LogP contribution < -0.4 is 4.72 Å². The minimum absolute atomic E-state index is 0.00516. The Hall–Kier alpha value is 0.810. The van der Waals surface area contributed by atoms with E-state index in [1.807, 2.05) is 0 Å². The second-order valence-corrected chi connectivity index (χ2v) is 15.3. The van der Waals surface area contributed by atoms with E-state index in [0.717, 1.165) is 28.7 Å². The Kier molecular flexibility index (Phi) is 9.14. The summed E-state index contributed by atoms with van der Waals surface area (Å²) in [5.41, 5.74) is -0.00516. The van der Waals surface area contributed by atoms with Crippen molar-refractivity contribution in [1.82, 2.24) is 8.80 Å². The topological polar surface area (TPSA) is 72.4 Å². The summed E-state index contributed by atoms with van der Waals surface area (Å²) in [6.07, 6.45) is 5.83. The number of rotatable bonds is 7. The number of thioether (sulfide) groups is 2. The zero-order valence-electron chi connectivity index (χ0n) is 16.3. The summed E-state index contributed by atoms with van der Waals surface area (Å²) in [5, 5.41) is 3.90. The molecule has 1 N–H and O–H groups in total. The maximum atomic E-state index is 12.0. The molecule has 2 saturated heterocycles. The van der Waals surface area contributed by atoms with E-state index in [4.69, 9.17) is 26.1 Å². The Morgan fingerprint density at radius 2 is 1.96 bits per heavy atom. The molecule has 0 atom stereocenters. The molecule has 0 bridgehead atoms. The average molecular weight is 488 g/mol. The van der Waals surface area contributed by atoms with Crippen LogP contribution in [0.25, 0.3) is 0 Å². The molecule has 0 spiro atoms. The molecule has 3 fully saturated rings. The molecule has 1 saturated carbocycles. The van der Waals surface area contributed by atoms with Gasteiger partial charge in [-0.15, -0.1) is 0 Å². The van der Waals surface area contributed by atoms with Crippen molar-refractivity contribution in [3.05, 3.63) is 0 Å². The molecule has 28 heavy (non-hydrogen) atoms. The fourth-order valence-corrected chi connectivity index (χ4v) is 10.2. The first kappa shape index (κ1) is 23.5. The molecular formula is C16H30N3O4PS4. The quantitative estimate of drug-likeness (QED) is 0.178. The van der Waals surface area contributed by atoms with Crippen molar-refractivity contribution in [2.24, 2.45) is 10.6 Å². The van der Waals surface area contributed by atoms with Gasteiger partial charge < -0.3 is 0 Å². The van der Waals surface area contributed by atoms with Crippen molar-refractivity contribution in [2.45, 2.75) is 52.0 Å². The maximum absolute atomic E-state index is 12.0. The summed E-state index contributed by atoms with van der Waals surface area (Å²) in [4.78, 5) is 17.0. The monoisotopic (exact) mass is 487 g/mol. The number of carbonyl (C=O) groups excluding carboxylic acids is 1. The van der Waals surface area contributed by atoms with Crippen molar-refractivity contribution < 1.29 is 18.7 Å². The van der Waals surface area contributed by atoms with Crippen LogP contribution in [-0.4, -0.2) is 51.7 Å². The molecule has 162 valence electrons. The number of nitrogens with one attached hydrogen (secondary N) is 1. The van der Waals surface area contributed by atoms with Gasteiger partial charge in [-0.2, -0.15) is 0 Å². The van der Waals surface area contributed by atoms with Crippen LogP contribution in [0.3, 0.4) is 0 Å². The number of hydrogen-bond donors (Lipinski definition) is 2. The second-order valence-electron chi connectivity index (χ2n) is 7.84. The molecule has 0 unspecified atom stereocenters. The summed E-state index contributed by atoms with van der Waals surface area (Å²) in [5.74, 6) is 1.62. The van der Waals surface area contributed by atoms with Crippen molar-refractivity contribution >= 4 is 65.3 Å². The summed E-state index contributed by atoms with van der Waals surface area (Å²) < 4.78 is 18.4. The van der Waals surface area contributed by atoms with E-state index in [9.17, 15) is 4.79 Å². The third kappa shape index (κ3) is 6.92. The Morgan fingerprint density at radius 3 is 2.61 bits per heavy atom. The van der Waals surface area contributed by atoms with Gasteiger partial charge in [0.05, 0.1) is 0 Å². The van der Waals surface area contributed by atoms with Crippen LogP contribution in [0.1, 0.15) is 46.0 Å². The van der Waals surface area contributed by atoms with Crippen molar-refractivity contribution in [3.63, 3.8) is 0 Å². The van der Waals surface area contributed by atoms with Crippen LogP contribution in [0.15, 0.2) is 5.16 Å².